The second kappa shape index (κ2) is 22.2. The summed E-state index contributed by atoms with van der Waals surface area (Å²) in [5, 5.41) is 0. The minimum atomic E-state index is -0.204. The van der Waals surface area contributed by atoms with E-state index in [2.05, 4.69) is 20.8 Å². The van der Waals surface area contributed by atoms with Gasteiger partial charge in [0.1, 0.15) is 5.91 Å². The Bertz CT molecular complexity index is 230. The molecule has 2 nitrogen and oxygen atoms in total. The molecule has 0 aromatic rings. The van der Waals surface area contributed by atoms with Gasteiger partial charge in [0.2, 0.25) is 0 Å². The predicted octanol–water partition coefficient (Wildman–Crippen LogP) is 6.80. The summed E-state index contributed by atoms with van der Waals surface area (Å²) in [4.78, 5) is 0. The van der Waals surface area contributed by atoms with Gasteiger partial charge >= 0.3 is 0 Å². The van der Waals surface area contributed by atoms with E-state index in [0.29, 0.717) is 0 Å². The molecule has 0 aromatic heterocycles. The van der Waals surface area contributed by atoms with E-state index in [1.807, 2.05) is 0 Å². The van der Waals surface area contributed by atoms with Crippen LogP contribution in [0.15, 0.2) is 0 Å². The Morgan fingerprint density at radius 1 is 0.520 bits per heavy atom. The van der Waals surface area contributed by atoms with Crippen LogP contribution in [0.2, 0.25) is 6.04 Å². The molecule has 0 aliphatic carbocycles. The van der Waals surface area contributed by atoms with Crippen molar-refractivity contribution >= 4 is 9.52 Å². The fourth-order valence-electron chi connectivity index (χ4n) is 3.45. The first-order valence-electron chi connectivity index (χ1n) is 11.6. The number of hydrogen-bond acceptors (Lipinski definition) is 2. The average molecular weight is 373 g/mol. The summed E-state index contributed by atoms with van der Waals surface area (Å²) < 4.78 is 11.3. The Hall–Kier alpha value is 0.137. The lowest BCUT2D eigenvalue weighted by Gasteiger charge is -2.16. The van der Waals surface area contributed by atoms with E-state index >= 15 is 0 Å². The quantitative estimate of drug-likeness (QED) is 0.125. The van der Waals surface area contributed by atoms with Gasteiger partial charge in [0.25, 0.3) is 0 Å². The van der Waals surface area contributed by atoms with Crippen LogP contribution in [0.4, 0.5) is 0 Å². The number of unbranched alkanes of at least 4 members (excludes halogenated alkanes) is 14. The standard InChI is InChI=1S/C22H48O2Si/c1-4-7-8-9-10-11-12-13-14-15-16-17-18-19-20-21-25-22(23-5-2)24-6-3/h22H,4-21,25H2,1-3H3. The topological polar surface area (TPSA) is 18.5 Å². The highest BCUT2D eigenvalue weighted by atomic mass is 28.2. The third-order valence-corrected chi connectivity index (χ3v) is 6.85. The number of rotatable bonds is 21. The van der Waals surface area contributed by atoms with Crippen LogP contribution in [-0.2, 0) is 9.47 Å². The van der Waals surface area contributed by atoms with Crippen LogP contribution in [-0.4, -0.2) is 28.6 Å². The van der Waals surface area contributed by atoms with Crippen LogP contribution in [0.5, 0.6) is 0 Å². The highest BCUT2D eigenvalue weighted by molar-refractivity contribution is 6.36. The lowest BCUT2D eigenvalue weighted by molar-refractivity contribution is -0.0827. The Balaban J connectivity index is 3.13. The molecule has 0 amide bonds. The Labute approximate surface area is 161 Å². The molecule has 0 aliphatic heterocycles. The van der Waals surface area contributed by atoms with Gasteiger partial charge in [-0.25, -0.2) is 0 Å². The van der Waals surface area contributed by atoms with E-state index in [9.17, 15) is 0 Å². The predicted molar refractivity (Wildman–Crippen MR) is 115 cm³/mol. The van der Waals surface area contributed by atoms with E-state index < -0.39 is 0 Å². The van der Waals surface area contributed by atoms with Crippen LogP contribution in [0, 0.1) is 0 Å². The zero-order valence-corrected chi connectivity index (χ0v) is 19.2. The maximum Gasteiger partial charge on any atom is 0.134 e. The molecule has 0 rings (SSSR count). The van der Waals surface area contributed by atoms with E-state index in [1.165, 1.54) is 102 Å². The fraction of sp³-hybridized carbons (Fsp3) is 1.00. The summed E-state index contributed by atoms with van der Waals surface area (Å²) in [5.41, 5.74) is 0. The molecule has 0 heterocycles. The maximum atomic E-state index is 5.65. The maximum absolute atomic E-state index is 5.65. The molecule has 0 aromatic carbocycles. The van der Waals surface area contributed by atoms with Gasteiger partial charge in [0.05, 0.1) is 9.52 Å². The zero-order valence-electron chi connectivity index (χ0n) is 17.8. The largest absolute Gasteiger partial charge is 0.357 e. The molecule has 0 N–H and O–H groups in total. The van der Waals surface area contributed by atoms with Crippen LogP contribution in [0.1, 0.15) is 117 Å². The van der Waals surface area contributed by atoms with E-state index in [-0.39, 0.29) is 15.4 Å². The second-order valence-electron chi connectivity index (χ2n) is 7.43. The monoisotopic (exact) mass is 372 g/mol. The third-order valence-electron chi connectivity index (χ3n) is 5.00. The number of ether oxygens (including phenoxy) is 2. The van der Waals surface area contributed by atoms with Crippen molar-refractivity contribution in [3.63, 3.8) is 0 Å². The van der Waals surface area contributed by atoms with Crippen molar-refractivity contribution in [2.24, 2.45) is 0 Å². The van der Waals surface area contributed by atoms with Crippen LogP contribution in [0.3, 0.4) is 0 Å². The smallest absolute Gasteiger partial charge is 0.134 e. The normalized spacial score (nSPS) is 12.0. The summed E-state index contributed by atoms with van der Waals surface area (Å²) in [5.74, 6) is 0.168. The first-order chi connectivity index (χ1) is 12.3. The van der Waals surface area contributed by atoms with Crippen molar-refractivity contribution in [2.45, 2.75) is 129 Å². The molecule has 0 spiro atoms. The molecule has 0 unspecified atom stereocenters. The van der Waals surface area contributed by atoms with Crippen molar-refractivity contribution in [1.29, 1.82) is 0 Å². The van der Waals surface area contributed by atoms with E-state index in [4.69, 9.17) is 9.47 Å². The second-order valence-corrected chi connectivity index (χ2v) is 9.38. The third kappa shape index (κ3) is 20.3. The van der Waals surface area contributed by atoms with Gasteiger partial charge in [-0.3, -0.25) is 0 Å². The highest BCUT2D eigenvalue weighted by Gasteiger charge is 2.07. The molecule has 0 bridgehead atoms. The Morgan fingerprint density at radius 3 is 1.24 bits per heavy atom. The van der Waals surface area contributed by atoms with E-state index in [0.717, 1.165) is 13.2 Å². The van der Waals surface area contributed by atoms with Crippen molar-refractivity contribution in [3.8, 4) is 0 Å². The fourth-order valence-corrected chi connectivity index (χ4v) is 5.23. The Morgan fingerprint density at radius 2 is 0.880 bits per heavy atom. The summed E-state index contributed by atoms with van der Waals surface area (Å²) >= 11 is 0. The molecule has 0 aliphatic rings. The summed E-state index contributed by atoms with van der Waals surface area (Å²) in [6, 6.07) is 1.38. The van der Waals surface area contributed by atoms with Crippen LogP contribution < -0.4 is 0 Å². The molecule has 0 radical (unpaired) electrons. The van der Waals surface area contributed by atoms with Gasteiger partial charge in [0.15, 0.2) is 0 Å². The van der Waals surface area contributed by atoms with Gasteiger partial charge in [0, 0.05) is 13.2 Å². The molecular formula is C22H48O2Si. The molecular weight excluding hydrogens is 324 g/mol. The molecule has 25 heavy (non-hydrogen) atoms. The van der Waals surface area contributed by atoms with Gasteiger partial charge in [-0.2, -0.15) is 0 Å². The number of hydrogen-bond donors (Lipinski definition) is 0. The molecule has 0 saturated heterocycles. The summed E-state index contributed by atoms with van der Waals surface area (Å²) in [6.45, 7) is 8.00. The van der Waals surface area contributed by atoms with Gasteiger partial charge in [-0.1, -0.05) is 109 Å². The van der Waals surface area contributed by atoms with Crippen molar-refractivity contribution in [1.82, 2.24) is 0 Å². The average Bonchev–Trinajstić information content (AvgIpc) is 2.61. The van der Waals surface area contributed by atoms with E-state index in [1.54, 1.807) is 0 Å². The lowest BCUT2D eigenvalue weighted by atomic mass is 10.0. The first-order valence-corrected chi connectivity index (χ1v) is 13.4. The van der Waals surface area contributed by atoms with Crippen molar-refractivity contribution < 1.29 is 9.47 Å². The van der Waals surface area contributed by atoms with Crippen LogP contribution in [0.25, 0.3) is 0 Å². The summed E-state index contributed by atoms with van der Waals surface area (Å²) in [7, 11) is -0.204. The first kappa shape index (κ1) is 25.1. The van der Waals surface area contributed by atoms with Gasteiger partial charge in [-0.05, 0) is 13.8 Å². The molecule has 0 saturated carbocycles. The molecule has 152 valence electrons. The minimum Gasteiger partial charge on any atom is -0.357 e. The Kier molecular flexibility index (Phi) is 22.3. The zero-order chi connectivity index (χ0) is 18.4. The SMILES string of the molecule is CCCCCCCCCCCCCCCCC[SiH2]C(OCC)OCC. The molecule has 3 heteroatoms. The molecule has 0 atom stereocenters. The van der Waals surface area contributed by atoms with Crippen molar-refractivity contribution in [2.75, 3.05) is 13.2 Å². The van der Waals surface area contributed by atoms with Crippen LogP contribution >= 0.6 is 0 Å². The van der Waals surface area contributed by atoms with Gasteiger partial charge in [-0.15, -0.1) is 0 Å². The minimum absolute atomic E-state index is 0.168. The summed E-state index contributed by atoms with van der Waals surface area (Å²) in [6.07, 6.45) is 21.6. The highest BCUT2D eigenvalue weighted by Crippen LogP contribution is 2.14. The van der Waals surface area contributed by atoms with Gasteiger partial charge < -0.3 is 9.47 Å². The lowest BCUT2D eigenvalue weighted by Crippen LogP contribution is -2.24. The van der Waals surface area contributed by atoms with Crippen molar-refractivity contribution in [3.05, 3.63) is 0 Å². The molecule has 0 fully saturated rings.